The molecule has 0 saturated carbocycles. The van der Waals surface area contributed by atoms with E-state index in [1.165, 1.54) is 17.2 Å². The van der Waals surface area contributed by atoms with E-state index in [1.54, 1.807) is 20.2 Å². The average Bonchev–Trinajstić information content (AvgIpc) is 2.25. The lowest BCUT2D eigenvalue weighted by Gasteiger charge is -2.10. The van der Waals surface area contributed by atoms with Crippen LogP contribution in [0.25, 0.3) is 0 Å². The maximum atomic E-state index is 11.5. The molecule has 5 nitrogen and oxygen atoms in total. The lowest BCUT2D eigenvalue weighted by molar-refractivity contribution is -0.127. The summed E-state index contributed by atoms with van der Waals surface area (Å²) in [5.41, 5.74) is 0.194. The largest absolute Gasteiger partial charge is 0.347 e. The van der Waals surface area contributed by atoms with E-state index >= 15 is 0 Å². The fraction of sp³-hybridized carbons (Fsp3) is 0.300. The number of hydrogen-bond donors (Lipinski definition) is 1. The van der Waals surface area contributed by atoms with Crippen LogP contribution in [0.2, 0.25) is 5.02 Å². The van der Waals surface area contributed by atoms with Crippen molar-refractivity contribution in [2.75, 3.05) is 20.6 Å². The highest BCUT2D eigenvalue weighted by Gasteiger charge is 2.10. The van der Waals surface area contributed by atoms with Gasteiger partial charge in [0.1, 0.15) is 5.69 Å². The highest BCUT2D eigenvalue weighted by Crippen LogP contribution is 2.07. The zero-order chi connectivity index (χ0) is 12.1. The molecular formula is C10H12ClN3O2. The van der Waals surface area contributed by atoms with Gasteiger partial charge in [-0.2, -0.15) is 0 Å². The number of pyridine rings is 1. The molecule has 1 rings (SSSR count). The summed E-state index contributed by atoms with van der Waals surface area (Å²) in [4.78, 5) is 28.0. The SMILES string of the molecule is CN(C)C(=O)CNC(=O)c1cc(Cl)ccn1. The molecule has 1 aromatic rings. The van der Waals surface area contributed by atoms with Crippen molar-refractivity contribution >= 4 is 23.4 Å². The molecule has 0 unspecified atom stereocenters. The van der Waals surface area contributed by atoms with Crippen molar-refractivity contribution in [2.45, 2.75) is 0 Å². The van der Waals surface area contributed by atoms with Crippen LogP contribution in [0.5, 0.6) is 0 Å². The van der Waals surface area contributed by atoms with E-state index < -0.39 is 5.91 Å². The van der Waals surface area contributed by atoms with Crippen molar-refractivity contribution in [1.82, 2.24) is 15.2 Å². The van der Waals surface area contributed by atoms with Gasteiger partial charge in [-0.15, -0.1) is 0 Å². The predicted molar refractivity (Wildman–Crippen MR) is 60.3 cm³/mol. The third kappa shape index (κ3) is 3.51. The van der Waals surface area contributed by atoms with Gasteiger partial charge < -0.3 is 10.2 Å². The van der Waals surface area contributed by atoms with Gasteiger partial charge in [0.05, 0.1) is 6.54 Å². The highest BCUT2D eigenvalue weighted by molar-refractivity contribution is 6.30. The summed E-state index contributed by atoms with van der Waals surface area (Å²) < 4.78 is 0. The number of hydrogen-bond acceptors (Lipinski definition) is 3. The van der Waals surface area contributed by atoms with Gasteiger partial charge in [-0.3, -0.25) is 14.6 Å². The molecule has 0 fully saturated rings. The van der Waals surface area contributed by atoms with Gasteiger partial charge in [0, 0.05) is 25.3 Å². The Morgan fingerprint density at radius 3 is 2.75 bits per heavy atom. The molecule has 1 aromatic heterocycles. The molecule has 0 atom stereocenters. The van der Waals surface area contributed by atoms with Crippen LogP contribution in [0.3, 0.4) is 0 Å². The Hall–Kier alpha value is -1.62. The molecule has 2 amide bonds. The molecule has 0 spiro atoms. The van der Waals surface area contributed by atoms with Gasteiger partial charge in [-0.05, 0) is 12.1 Å². The molecule has 16 heavy (non-hydrogen) atoms. The number of nitrogens with zero attached hydrogens (tertiary/aromatic N) is 2. The summed E-state index contributed by atoms with van der Waals surface area (Å²) in [6.45, 7) is -0.0555. The van der Waals surface area contributed by atoms with Crippen molar-refractivity contribution < 1.29 is 9.59 Å². The number of amides is 2. The molecular weight excluding hydrogens is 230 g/mol. The number of halogens is 1. The minimum atomic E-state index is -0.419. The van der Waals surface area contributed by atoms with Crippen molar-refractivity contribution in [1.29, 1.82) is 0 Å². The fourth-order valence-electron chi connectivity index (χ4n) is 0.934. The van der Waals surface area contributed by atoms with Gasteiger partial charge in [-0.1, -0.05) is 11.6 Å². The first-order valence-electron chi connectivity index (χ1n) is 4.60. The number of nitrogens with one attached hydrogen (secondary N) is 1. The topological polar surface area (TPSA) is 62.3 Å². The lowest BCUT2D eigenvalue weighted by atomic mass is 10.3. The first-order chi connectivity index (χ1) is 7.50. The third-order valence-electron chi connectivity index (χ3n) is 1.85. The van der Waals surface area contributed by atoms with E-state index in [2.05, 4.69) is 10.3 Å². The summed E-state index contributed by atoms with van der Waals surface area (Å²) >= 11 is 5.71. The molecule has 0 radical (unpaired) electrons. The minimum absolute atomic E-state index is 0.0555. The molecule has 0 aromatic carbocycles. The first kappa shape index (κ1) is 12.4. The lowest BCUT2D eigenvalue weighted by Crippen LogP contribution is -2.36. The average molecular weight is 242 g/mol. The van der Waals surface area contributed by atoms with Crippen molar-refractivity contribution in [3.8, 4) is 0 Å². The van der Waals surface area contributed by atoms with Gasteiger partial charge in [0.2, 0.25) is 5.91 Å². The van der Waals surface area contributed by atoms with Gasteiger partial charge in [0.15, 0.2) is 0 Å². The summed E-state index contributed by atoms with van der Waals surface area (Å²) in [5.74, 6) is -0.604. The van der Waals surface area contributed by atoms with Crippen LogP contribution in [-0.2, 0) is 4.79 Å². The van der Waals surface area contributed by atoms with E-state index in [0.29, 0.717) is 5.02 Å². The van der Waals surface area contributed by atoms with Crippen LogP contribution in [0.15, 0.2) is 18.3 Å². The molecule has 0 aliphatic carbocycles. The maximum absolute atomic E-state index is 11.5. The Bertz CT molecular complexity index is 407. The summed E-state index contributed by atoms with van der Waals surface area (Å²) in [6.07, 6.45) is 1.44. The Morgan fingerprint density at radius 1 is 1.50 bits per heavy atom. The van der Waals surface area contributed by atoms with Crippen molar-refractivity contribution in [2.24, 2.45) is 0 Å². The quantitative estimate of drug-likeness (QED) is 0.841. The predicted octanol–water partition coefficient (Wildman–Crippen LogP) is 0.553. The molecule has 1 N–H and O–H groups in total. The number of aromatic nitrogens is 1. The second kappa shape index (κ2) is 5.46. The van der Waals surface area contributed by atoms with E-state index in [1.807, 2.05) is 0 Å². The van der Waals surface area contributed by atoms with Crippen LogP contribution in [0.1, 0.15) is 10.5 Å². The van der Waals surface area contributed by atoms with Crippen LogP contribution < -0.4 is 5.32 Å². The van der Waals surface area contributed by atoms with E-state index in [9.17, 15) is 9.59 Å². The standard InChI is InChI=1S/C10H12ClN3O2/c1-14(2)9(15)6-13-10(16)8-5-7(11)3-4-12-8/h3-5H,6H2,1-2H3,(H,13,16). The van der Waals surface area contributed by atoms with Gasteiger partial charge in [-0.25, -0.2) is 0 Å². The number of carbonyl (C=O) groups is 2. The monoisotopic (exact) mass is 241 g/mol. The number of rotatable bonds is 3. The number of carbonyl (C=O) groups excluding carboxylic acids is 2. The molecule has 0 bridgehead atoms. The zero-order valence-corrected chi connectivity index (χ0v) is 9.78. The van der Waals surface area contributed by atoms with Gasteiger partial charge >= 0.3 is 0 Å². The maximum Gasteiger partial charge on any atom is 0.270 e. The first-order valence-corrected chi connectivity index (χ1v) is 4.98. The Kier molecular flexibility index (Phi) is 4.25. The van der Waals surface area contributed by atoms with Crippen LogP contribution in [0.4, 0.5) is 0 Å². The van der Waals surface area contributed by atoms with Crippen LogP contribution >= 0.6 is 11.6 Å². The summed E-state index contributed by atoms with van der Waals surface area (Å²) in [5, 5.41) is 2.89. The van der Waals surface area contributed by atoms with E-state index in [-0.39, 0.29) is 18.1 Å². The Labute approximate surface area is 98.4 Å². The molecule has 1 heterocycles. The zero-order valence-electron chi connectivity index (χ0n) is 9.03. The van der Waals surface area contributed by atoms with Crippen molar-refractivity contribution in [3.05, 3.63) is 29.0 Å². The second-order valence-corrected chi connectivity index (χ2v) is 3.77. The smallest absolute Gasteiger partial charge is 0.270 e. The summed E-state index contributed by atoms with van der Waals surface area (Å²) in [6, 6.07) is 3.01. The van der Waals surface area contributed by atoms with Crippen molar-refractivity contribution in [3.63, 3.8) is 0 Å². The van der Waals surface area contributed by atoms with E-state index in [4.69, 9.17) is 11.6 Å². The Balaban J connectivity index is 2.57. The van der Waals surface area contributed by atoms with E-state index in [0.717, 1.165) is 0 Å². The highest BCUT2D eigenvalue weighted by atomic mass is 35.5. The third-order valence-corrected chi connectivity index (χ3v) is 2.09. The van der Waals surface area contributed by atoms with Crippen LogP contribution in [-0.4, -0.2) is 42.3 Å². The van der Waals surface area contributed by atoms with Gasteiger partial charge in [0.25, 0.3) is 5.91 Å². The second-order valence-electron chi connectivity index (χ2n) is 3.33. The van der Waals surface area contributed by atoms with Crippen LogP contribution in [0, 0.1) is 0 Å². The molecule has 0 aliphatic rings. The molecule has 0 aliphatic heterocycles. The number of likely N-dealkylation sites (N-methyl/N-ethyl adjacent to an activating group) is 1. The molecule has 86 valence electrons. The summed E-state index contributed by atoms with van der Waals surface area (Å²) in [7, 11) is 3.23. The Morgan fingerprint density at radius 2 is 2.19 bits per heavy atom. The normalized spacial score (nSPS) is 9.69. The molecule has 0 saturated heterocycles. The minimum Gasteiger partial charge on any atom is -0.347 e. The molecule has 6 heteroatoms. The fourth-order valence-corrected chi connectivity index (χ4v) is 1.09.